The Morgan fingerprint density at radius 1 is 1.40 bits per heavy atom. The highest BCUT2D eigenvalue weighted by Crippen LogP contribution is 2.34. The molecule has 0 spiro atoms. The van der Waals surface area contributed by atoms with E-state index in [1.165, 1.54) is 26.4 Å². The topological polar surface area (TPSA) is 111 Å². The van der Waals surface area contributed by atoms with Crippen molar-refractivity contribution in [1.82, 2.24) is 5.32 Å². The summed E-state index contributed by atoms with van der Waals surface area (Å²) in [5.41, 5.74) is 0.420. The van der Waals surface area contributed by atoms with Gasteiger partial charge in [-0.25, -0.2) is 4.79 Å². The summed E-state index contributed by atoms with van der Waals surface area (Å²) < 4.78 is 10.1. The van der Waals surface area contributed by atoms with E-state index in [2.05, 4.69) is 5.32 Å². The van der Waals surface area contributed by atoms with Gasteiger partial charge in [0.25, 0.3) is 0 Å². The molecule has 1 amide bonds. The molecule has 1 unspecified atom stereocenters. The van der Waals surface area contributed by atoms with E-state index in [-0.39, 0.29) is 17.5 Å². The minimum Gasteiger partial charge on any atom is -0.496 e. The second-order valence-electron chi connectivity index (χ2n) is 4.15. The molecule has 0 aliphatic carbocycles. The van der Waals surface area contributed by atoms with Crippen LogP contribution in [0.3, 0.4) is 0 Å². The van der Waals surface area contributed by atoms with Gasteiger partial charge in [-0.05, 0) is 19.4 Å². The number of methoxy groups -OCH3 is 2. The monoisotopic (exact) mass is 284 g/mol. The number of hydrogen-bond donors (Lipinski definition) is 2. The number of nitrogens with zero attached hydrogens (tertiary/aromatic N) is 1. The fourth-order valence-corrected chi connectivity index (χ4v) is 1.84. The van der Waals surface area contributed by atoms with E-state index in [4.69, 9.17) is 14.6 Å². The third-order valence-corrected chi connectivity index (χ3v) is 2.67. The fourth-order valence-electron chi connectivity index (χ4n) is 1.84. The van der Waals surface area contributed by atoms with E-state index in [0.717, 1.165) is 0 Å². The number of hydrogen-bond acceptors (Lipinski definition) is 5. The van der Waals surface area contributed by atoms with E-state index in [1.807, 2.05) is 0 Å². The predicted molar refractivity (Wildman–Crippen MR) is 70.5 cm³/mol. The van der Waals surface area contributed by atoms with E-state index in [0.29, 0.717) is 17.7 Å². The van der Waals surface area contributed by atoms with E-state index < -0.39 is 11.0 Å². The first-order valence-corrected chi connectivity index (χ1v) is 5.77. The van der Waals surface area contributed by atoms with Crippen LogP contribution in [0, 0.1) is 10.1 Å². The zero-order valence-electron chi connectivity index (χ0n) is 11.4. The van der Waals surface area contributed by atoms with E-state index in [9.17, 15) is 14.9 Å². The van der Waals surface area contributed by atoms with Gasteiger partial charge in [-0.1, -0.05) is 0 Å². The molecule has 8 nitrogen and oxygen atoms in total. The van der Waals surface area contributed by atoms with Crippen LogP contribution in [0.15, 0.2) is 12.1 Å². The van der Waals surface area contributed by atoms with Crippen molar-refractivity contribution in [3.05, 3.63) is 27.8 Å². The molecule has 0 saturated heterocycles. The van der Waals surface area contributed by atoms with Crippen molar-refractivity contribution in [2.24, 2.45) is 0 Å². The van der Waals surface area contributed by atoms with E-state index in [1.54, 1.807) is 6.92 Å². The average molecular weight is 284 g/mol. The van der Waals surface area contributed by atoms with Crippen LogP contribution in [-0.2, 0) is 6.42 Å². The summed E-state index contributed by atoms with van der Waals surface area (Å²) in [6.07, 6.45) is -0.811. The third kappa shape index (κ3) is 3.74. The Bertz CT molecular complexity index is 517. The number of rotatable bonds is 6. The molecule has 1 rings (SSSR count). The molecule has 0 radical (unpaired) electrons. The molecule has 0 saturated carbocycles. The van der Waals surface area contributed by atoms with Gasteiger partial charge in [0.2, 0.25) is 0 Å². The number of amides is 1. The summed E-state index contributed by atoms with van der Waals surface area (Å²) in [6, 6.07) is 2.38. The zero-order chi connectivity index (χ0) is 15.3. The molecule has 0 fully saturated rings. The van der Waals surface area contributed by atoms with Gasteiger partial charge in [0, 0.05) is 11.6 Å². The smallest absolute Gasteiger partial charge is 0.404 e. The van der Waals surface area contributed by atoms with Gasteiger partial charge in [0.05, 0.1) is 25.2 Å². The normalized spacial score (nSPS) is 11.6. The number of nitrogens with one attached hydrogen (secondary N) is 1. The van der Waals surface area contributed by atoms with Gasteiger partial charge < -0.3 is 19.9 Å². The maximum Gasteiger partial charge on any atom is 0.404 e. The Labute approximate surface area is 115 Å². The Morgan fingerprint density at radius 2 is 2.00 bits per heavy atom. The second kappa shape index (κ2) is 6.60. The highest BCUT2D eigenvalue weighted by Gasteiger charge is 2.20. The highest BCUT2D eigenvalue weighted by atomic mass is 16.6. The Hall–Kier alpha value is -2.51. The Morgan fingerprint density at radius 3 is 2.45 bits per heavy atom. The quantitative estimate of drug-likeness (QED) is 0.608. The lowest BCUT2D eigenvalue weighted by molar-refractivity contribution is -0.385. The number of nitro groups is 1. The maximum absolute atomic E-state index is 10.9. The van der Waals surface area contributed by atoms with Gasteiger partial charge in [0.15, 0.2) is 5.75 Å². The molecule has 0 aliphatic rings. The summed E-state index contributed by atoms with van der Waals surface area (Å²) in [7, 11) is 2.72. The van der Waals surface area contributed by atoms with Crippen LogP contribution < -0.4 is 14.8 Å². The first-order valence-electron chi connectivity index (χ1n) is 5.77. The molecule has 0 bridgehead atoms. The van der Waals surface area contributed by atoms with Crippen molar-refractivity contribution in [3.63, 3.8) is 0 Å². The molecule has 20 heavy (non-hydrogen) atoms. The van der Waals surface area contributed by atoms with Gasteiger partial charge in [-0.2, -0.15) is 0 Å². The third-order valence-electron chi connectivity index (χ3n) is 2.67. The molecule has 2 N–H and O–H groups in total. The maximum atomic E-state index is 10.9. The first kappa shape index (κ1) is 15.5. The van der Waals surface area contributed by atoms with Crippen molar-refractivity contribution in [2.45, 2.75) is 19.4 Å². The molecule has 8 heteroatoms. The van der Waals surface area contributed by atoms with Gasteiger partial charge in [-0.3, -0.25) is 10.1 Å². The highest BCUT2D eigenvalue weighted by molar-refractivity contribution is 5.65. The number of nitro benzene ring substituents is 1. The molecule has 1 aromatic carbocycles. The minimum absolute atomic E-state index is 0.105. The number of carboxylic acid groups (broad SMARTS) is 1. The predicted octanol–water partition coefficient (Wildman–Crippen LogP) is 1.81. The molecule has 0 aromatic heterocycles. The zero-order valence-corrected chi connectivity index (χ0v) is 11.4. The first-order chi connectivity index (χ1) is 9.38. The van der Waals surface area contributed by atoms with E-state index >= 15 is 0 Å². The lowest BCUT2D eigenvalue weighted by Gasteiger charge is -2.15. The van der Waals surface area contributed by atoms with Crippen LogP contribution in [0.1, 0.15) is 12.5 Å². The lowest BCUT2D eigenvalue weighted by Crippen LogP contribution is -2.32. The van der Waals surface area contributed by atoms with Crippen molar-refractivity contribution >= 4 is 11.8 Å². The fraction of sp³-hybridized carbons (Fsp3) is 0.417. The van der Waals surface area contributed by atoms with Crippen LogP contribution >= 0.6 is 0 Å². The molecule has 0 aliphatic heterocycles. The molecular weight excluding hydrogens is 268 g/mol. The largest absolute Gasteiger partial charge is 0.496 e. The molecular formula is C12H16N2O6. The summed E-state index contributed by atoms with van der Waals surface area (Å²) in [4.78, 5) is 20.9. The van der Waals surface area contributed by atoms with Crippen LogP contribution in [0.4, 0.5) is 10.5 Å². The number of benzene rings is 1. The van der Waals surface area contributed by atoms with Crippen molar-refractivity contribution < 1.29 is 24.3 Å². The van der Waals surface area contributed by atoms with Crippen LogP contribution in [-0.4, -0.2) is 36.4 Å². The van der Waals surface area contributed by atoms with Gasteiger partial charge >= 0.3 is 11.8 Å². The standard InChI is InChI=1S/C12H16N2O6/c1-7(13-12(15)16)4-8-5-11(20-3)9(14(17)18)6-10(8)19-2/h5-7,13H,4H2,1-3H3,(H,15,16). The van der Waals surface area contributed by atoms with Crippen molar-refractivity contribution in [1.29, 1.82) is 0 Å². The Balaban J connectivity index is 3.12. The second-order valence-corrected chi connectivity index (χ2v) is 4.15. The van der Waals surface area contributed by atoms with Crippen molar-refractivity contribution in [3.8, 4) is 11.5 Å². The molecule has 1 atom stereocenters. The number of carbonyl (C=O) groups is 1. The summed E-state index contributed by atoms with van der Waals surface area (Å²) in [5, 5.41) is 21.9. The molecule has 110 valence electrons. The Kier molecular flexibility index (Phi) is 5.13. The SMILES string of the molecule is COc1cc([N+](=O)[O-])c(OC)cc1CC(C)NC(=O)O. The lowest BCUT2D eigenvalue weighted by atomic mass is 10.0. The average Bonchev–Trinajstić information content (AvgIpc) is 2.36. The minimum atomic E-state index is -1.13. The summed E-state index contributed by atoms with van der Waals surface area (Å²) >= 11 is 0. The van der Waals surface area contributed by atoms with Crippen molar-refractivity contribution in [2.75, 3.05) is 14.2 Å². The molecule has 1 aromatic rings. The van der Waals surface area contributed by atoms with Crippen LogP contribution in [0.25, 0.3) is 0 Å². The summed E-state index contributed by atoms with van der Waals surface area (Å²) in [6.45, 7) is 1.68. The molecule has 0 heterocycles. The van der Waals surface area contributed by atoms with Gasteiger partial charge in [0.1, 0.15) is 5.75 Å². The van der Waals surface area contributed by atoms with Gasteiger partial charge in [-0.15, -0.1) is 0 Å². The summed E-state index contributed by atoms with van der Waals surface area (Å²) in [5.74, 6) is 0.421. The van der Waals surface area contributed by atoms with Crippen LogP contribution in [0.2, 0.25) is 0 Å². The number of ether oxygens (including phenoxy) is 2. The van der Waals surface area contributed by atoms with Crippen LogP contribution in [0.5, 0.6) is 11.5 Å².